The Morgan fingerprint density at radius 1 is 1.41 bits per heavy atom. The summed E-state index contributed by atoms with van der Waals surface area (Å²) in [5.41, 5.74) is 3.06. The van der Waals surface area contributed by atoms with Gasteiger partial charge in [0.15, 0.2) is 0 Å². The van der Waals surface area contributed by atoms with Crippen LogP contribution in [0.15, 0.2) is 18.2 Å². The standard InChI is InChI=1S/C14H15O.CH3.Y/c1-4-10-5-6-12-11(9-10)13(15)7-8-14(12,2)3;;/h5-6,9,13,15H,7-8H2,2-3H3;1H3;/q2*-1;. The molecule has 1 aliphatic carbocycles. The van der Waals surface area contributed by atoms with Crippen LogP contribution in [-0.4, -0.2) is 5.11 Å². The van der Waals surface area contributed by atoms with Crippen LogP contribution in [0.25, 0.3) is 0 Å². The van der Waals surface area contributed by atoms with Gasteiger partial charge in [0.05, 0.1) is 6.10 Å². The van der Waals surface area contributed by atoms with Gasteiger partial charge in [0.2, 0.25) is 0 Å². The summed E-state index contributed by atoms with van der Waals surface area (Å²) in [6, 6.07) is 5.80. The van der Waals surface area contributed by atoms with Crippen molar-refractivity contribution < 1.29 is 37.8 Å². The molecule has 1 unspecified atom stereocenters. The fourth-order valence-corrected chi connectivity index (χ4v) is 2.32. The Balaban J connectivity index is 0.00000128. The molecule has 0 saturated heterocycles. The molecular formula is C15H18OY-2. The van der Waals surface area contributed by atoms with Gasteiger partial charge in [0.25, 0.3) is 0 Å². The van der Waals surface area contributed by atoms with E-state index in [9.17, 15) is 5.11 Å². The zero-order valence-electron chi connectivity index (χ0n) is 10.7. The van der Waals surface area contributed by atoms with Crippen molar-refractivity contribution in [3.8, 4) is 5.92 Å². The topological polar surface area (TPSA) is 20.2 Å². The molecule has 17 heavy (non-hydrogen) atoms. The maximum absolute atomic E-state index is 9.92. The first-order valence-electron chi connectivity index (χ1n) is 5.30. The van der Waals surface area contributed by atoms with Crippen LogP contribution in [0, 0.1) is 19.8 Å². The van der Waals surface area contributed by atoms with E-state index in [1.165, 1.54) is 5.56 Å². The first-order chi connectivity index (χ1) is 7.04. The molecule has 0 bridgehead atoms. The maximum Gasteiger partial charge on any atom is 0.0779 e. The number of aliphatic hydroxyl groups is 1. The second-order valence-electron chi connectivity index (χ2n) is 4.87. The molecule has 0 amide bonds. The molecule has 0 aliphatic heterocycles. The number of benzene rings is 1. The van der Waals surface area contributed by atoms with Crippen LogP contribution in [0.3, 0.4) is 0 Å². The van der Waals surface area contributed by atoms with Crippen molar-refractivity contribution in [2.75, 3.05) is 0 Å². The van der Waals surface area contributed by atoms with Gasteiger partial charge in [0, 0.05) is 32.7 Å². The third-order valence-electron chi connectivity index (χ3n) is 3.33. The molecule has 1 aromatic carbocycles. The molecule has 1 aromatic rings. The van der Waals surface area contributed by atoms with Crippen molar-refractivity contribution >= 4 is 0 Å². The van der Waals surface area contributed by atoms with Crippen molar-refractivity contribution in [3.05, 3.63) is 48.7 Å². The largest absolute Gasteiger partial charge is 0.388 e. The van der Waals surface area contributed by atoms with Crippen LogP contribution in [-0.2, 0) is 38.1 Å². The van der Waals surface area contributed by atoms with E-state index in [2.05, 4.69) is 19.8 Å². The summed E-state index contributed by atoms with van der Waals surface area (Å²) in [4.78, 5) is 0. The summed E-state index contributed by atoms with van der Waals surface area (Å²) >= 11 is 0. The van der Waals surface area contributed by atoms with Crippen LogP contribution in [0.4, 0.5) is 0 Å². The van der Waals surface area contributed by atoms with E-state index >= 15 is 0 Å². The van der Waals surface area contributed by atoms with E-state index < -0.39 is 0 Å². The van der Waals surface area contributed by atoms with Crippen LogP contribution in [0.2, 0.25) is 0 Å². The van der Waals surface area contributed by atoms with Crippen molar-refractivity contribution in [2.45, 2.75) is 38.2 Å². The SMILES string of the molecule is [C-]#Cc1ccc2c(c1)C(O)CCC2(C)C.[CH3-].[Y]. The van der Waals surface area contributed by atoms with Gasteiger partial charge < -0.3 is 19.0 Å². The van der Waals surface area contributed by atoms with Crippen LogP contribution >= 0.6 is 0 Å². The van der Waals surface area contributed by atoms with Crippen molar-refractivity contribution in [1.82, 2.24) is 0 Å². The fraction of sp³-hybridized carbons (Fsp3) is 0.400. The summed E-state index contributed by atoms with van der Waals surface area (Å²) in [7, 11) is 0. The van der Waals surface area contributed by atoms with E-state index in [1.807, 2.05) is 18.2 Å². The number of hydrogen-bond donors (Lipinski definition) is 1. The van der Waals surface area contributed by atoms with Crippen LogP contribution in [0.1, 0.15) is 49.5 Å². The van der Waals surface area contributed by atoms with Gasteiger partial charge in [-0.3, -0.25) is 5.92 Å². The molecular weight excluding hydrogens is 285 g/mol. The molecule has 0 saturated carbocycles. The predicted octanol–water partition coefficient (Wildman–Crippen LogP) is 3.18. The number of fused-ring (bicyclic) bond motifs is 1. The van der Waals surface area contributed by atoms with Crippen LogP contribution in [0.5, 0.6) is 0 Å². The molecule has 0 fully saturated rings. The molecule has 1 atom stereocenters. The molecule has 1 radical (unpaired) electrons. The molecule has 0 spiro atoms. The van der Waals surface area contributed by atoms with Crippen LogP contribution < -0.4 is 0 Å². The summed E-state index contributed by atoms with van der Waals surface area (Å²) in [5, 5.41) is 9.92. The third-order valence-corrected chi connectivity index (χ3v) is 3.33. The van der Waals surface area contributed by atoms with Crippen molar-refractivity contribution in [2.24, 2.45) is 0 Å². The molecule has 1 nitrogen and oxygen atoms in total. The Bertz CT molecular complexity index is 429. The van der Waals surface area contributed by atoms with E-state index in [4.69, 9.17) is 6.42 Å². The van der Waals surface area contributed by atoms with E-state index in [1.54, 1.807) is 0 Å². The second kappa shape index (κ2) is 6.14. The summed E-state index contributed by atoms with van der Waals surface area (Å²) in [5.74, 6) is 2.36. The molecule has 0 aromatic heterocycles. The zero-order chi connectivity index (χ0) is 11.1. The number of hydrogen-bond acceptors (Lipinski definition) is 1. The fourth-order valence-electron chi connectivity index (χ4n) is 2.32. The summed E-state index contributed by atoms with van der Waals surface area (Å²) in [6.45, 7) is 4.40. The van der Waals surface area contributed by atoms with Gasteiger partial charge in [-0.2, -0.15) is 0 Å². The minimum Gasteiger partial charge on any atom is -0.388 e. The average Bonchev–Trinajstić information content (AvgIpc) is 2.23. The molecule has 0 heterocycles. The second-order valence-corrected chi connectivity index (χ2v) is 4.87. The Labute approximate surface area is 130 Å². The number of rotatable bonds is 0. The minimum atomic E-state index is -0.374. The number of aliphatic hydroxyl groups excluding tert-OH is 1. The molecule has 1 N–H and O–H groups in total. The molecule has 2 rings (SSSR count). The third kappa shape index (κ3) is 3.19. The van der Waals surface area contributed by atoms with Gasteiger partial charge in [-0.15, -0.1) is 17.7 Å². The van der Waals surface area contributed by atoms with Gasteiger partial charge in [-0.1, -0.05) is 19.9 Å². The van der Waals surface area contributed by atoms with Crippen molar-refractivity contribution in [1.29, 1.82) is 0 Å². The Morgan fingerprint density at radius 2 is 2.06 bits per heavy atom. The quantitative estimate of drug-likeness (QED) is 0.576. The monoisotopic (exact) mass is 303 g/mol. The smallest absolute Gasteiger partial charge is 0.0779 e. The van der Waals surface area contributed by atoms with Gasteiger partial charge >= 0.3 is 0 Å². The first kappa shape index (κ1) is 16.8. The minimum absolute atomic E-state index is 0. The molecule has 1 aliphatic rings. The van der Waals surface area contributed by atoms with E-state index in [-0.39, 0.29) is 51.7 Å². The normalized spacial score (nSPS) is 20.2. The van der Waals surface area contributed by atoms with Crippen molar-refractivity contribution in [3.63, 3.8) is 0 Å². The maximum atomic E-state index is 9.92. The first-order valence-corrected chi connectivity index (χ1v) is 5.30. The predicted molar refractivity (Wildman–Crippen MR) is 66.3 cm³/mol. The average molecular weight is 303 g/mol. The zero-order valence-corrected chi connectivity index (χ0v) is 13.6. The van der Waals surface area contributed by atoms with Gasteiger partial charge in [0.1, 0.15) is 0 Å². The van der Waals surface area contributed by atoms with Gasteiger partial charge in [-0.25, -0.2) is 0 Å². The Morgan fingerprint density at radius 3 is 2.65 bits per heavy atom. The van der Waals surface area contributed by atoms with E-state index in [0.717, 1.165) is 24.0 Å². The van der Waals surface area contributed by atoms with E-state index in [0.29, 0.717) is 0 Å². The summed E-state index contributed by atoms with van der Waals surface area (Å²) < 4.78 is 0. The molecule has 2 heteroatoms. The Hall–Kier alpha value is -0.156. The van der Waals surface area contributed by atoms with Gasteiger partial charge in [-0.05, 0) is 29.4 Å². The summed E-state index contributed by atoms with van der Waals surface area (Å²) in [6.07, 6.45) is 8.54. The Kier molecular flexibility index (Phi) is 6.08. The molecule has 89 valence electrons.